The molecule has 0 fully saturated rings. The molecule has 0 saturated carbocycles. The van der Waals surface area contributed by atoms with E-state index in [2.05, 4.69) is 0 Å². The number of rotatable bonds is 0. The first-order valence-corrected chi connectivity index (χ1v) is 0. The van der Waals surface area contributed by atoms with E-state index >= 15 is 0 Å². The average molecular weight is 607 g/mol. The third kappa shape index (κ3) is 9.54. The molecule has 0 aliphatic carbocycles. The molecule has 0 aromatic carbocycles. The summed E-state index contributed by atoms with van der Waals surface area (Å²) in [5.74, 6) is 0. The third-order valence-corrected chi connectivity index (χ3v) is 0. The molecular weight excluding hydrogens is 607 g/mol. The Kier molecular flexibility index (Phi) is 94.1. The van der Waals surface area contributed by atoms with Gasteiger partial charge in [-0.2, -0.15) is 0 Å². The fourth-order valence-corrected chi connectivity index (χ4v) is 0. The van der Waals surface area contributed by atoms with Gasteiger partial charge in [0.2, 0.25) is 0 Å². The smallest absolute Gasteiger partial charge is 0 e. The van der Waals surface area contributed by atoms with Gasteiger partial charge in [-0.15, -0.1) is 0 Å². The molecule has 0 heterocycles. The van der Waals surface area contributed by atoms with Gasteiger partial charge in [-0.3, -0.25) is 0 Å². The van der Waals surface area contributed by atoms with Crippen LogP contribution in [0.1, 0.15) is 0 Å². The Hall–Kier alpha value is 4.25. The molecular formula is BiCeLaSn. The Morgan fingerprint density at radius 2 is 1.00 bits per heavy atom. The van der Waals surface area contributed by atoms with Crippen molar-refractivity contribution in [3.63, 3.8) is 0 Å². The van der Waals surface area contributed by atoms with Crippen molar-refractivity contribution < 1.29 is 77.3 Å². The van der Waals surface area contributed by atoms with E-state index in [0.29, 0.717) is 0 Å². The van der Waals surface area contributed by atoms with E-state index in [1.807, 2.05) is 0 Å². The number of hydrogen-bond donors (Lipinski definition) is 0. The second-order valence-corrected chi connectivity index (χ2v) is 0. The van der Waals surface area contributed by atoms with Gasteiger partial charge >= 0.3 is 0 Å². The SMILES string of the molecule is [Bi].[Ce].[La].[Sn]. The molecule has 0 amide bonds. The molecule has 4 heteroatoms. The van der Waals surface area contributed by atoms with E-state index in [9.17, 15) is 0 Å². The quantitative estimate of drug-likeness (QED) is 0.319. The van der Waals surface area contributed by atoms with Crippen molar-refractivity contribution in [2.45, 2.75) is 0 Å². The Morgan fingerprint density at radius 1 is 1.00 bits per heavy atom. The van der Waals surface area contributed by atoms with Crippen molar-refractivity contribution in [3.8, 4) is 0 Å². The van der Waals surface area contributed by atoms with Crippen LogP contribution in [0.5, 0.6) is 0 Å². The summed E-state index contributed by atoms with van der Waals surface area (Å²) >= 11 is 0. The third-order valence-electron chi connectivity index (χ3n) is 0. The summed E-state index contributed by atoms with van der Waals surface area (Å²) < 4.78 is 0. The van der Waals surface area contributed by atoms with Crippen molar-refractivity contribution in [3.05, 3.63) is 0 Å². The topological polar surface area (TPSA) is 0 Å². The van der Waals surface area contributed by atoms with Gasteiger partial charge in [0.25, 0.3) is 0 Å². The molecule has 0 aliphatic rings. The van der Waals surface area contributed by atoms with Crippen molar-refractivity contribution in [2.24, 2.45) is 0 Å². The van der Waals surface area contributed by atoms with E-state index in [4.69, 9.17) is 0 Å². The summed E-state index contributed by atoms with van der Waals surface area (Å²) in [6, 6.07) is 0. The van der Waals surface area contributed by atoms with Crippen LogP contribution in [0.4, 0.5) is 0 Å². The summed E-state index contributed by atoms with van der Waals surface area (Å²) in [4.78, 5) is 0. The summed E-state index contributed by atoms with van der Waals surface area (Å²) in [5, 5.41) is 0. The minimum Gasteiger partial charge on any atom is 0 e. The zero-order valence-electron chi connectivity index (χ0n) is 2.02. The van der Waals surface area contributed by atoms with Gasteiger partial charge in [-0.1, -0.05) is 0 Å². The van der Waals surface area contributed by atoms with Crippen molar-refractivity contribution >= 4 is 50.1 Å². The molecule has 0 bridgehead atoms. The maximum absolute atomic E-state index is 0. The summed E-state index contributed by atoms with van der Waals surface area (Å²) in [5.41, 5.74) is 0. The minimum absolute atomic E-state index is 0. The van der Waals surface area contributed by atoms with E-state index in [-0.39, 0.29) is 127 Å². The molecule has 0 aromatic heterocycles. The molecule has 4 heavy (non-hydrogen) atoms. The molecule has 16 valence electrons. The molecule has 0 N–H and O–H groups in total. The minimum atomic E-state index is 0. The molecule has 0 nitrogen and oxygen atoms in total. The first kappa shape index (κ1) is 24.0. The Morgan fingerprint density at radius 3 is 1.00 bits per heavy atom. The normalized spacial score (nSPS) is 0. The molecule has 0 atom stereocenters. The largest absolute Gasteiger partial charge is 0 e. The van der Waals surface area contributed by atoms with Gasteiger partial charge in [0.05, 0.1) is 0 Å². The van der Waals surface area contributed by atoms with Gasteiger partial charge < -0.3 is 0 Å². The molecule has 0 saturated heterocycles. The van der Waals surface area contributed by atoms with Gasteiger partial charge in [0.1, 0.15) is 0 Å². The van der Waals surface area contributed by atoms with Crippen LogP contribution in [0.3, 0.4) is 0 Å². The Bertz CT molecular complexity index is 8.00. The van der Waals surface area contributed by atoms with Gasteiger partial charge in [-0.25, -0.2) is 0 Å². The van der Waals surface area contributed by atoms with Crippen LogP contribution in [-0.2, 0) is 0 Å². The molecule has 0 aliphatic heterocycles. The van der Waals surface area contributed by atoms with Gasteiger partial charge in [-0.05, 0) is 0 Å². The van der Waals surface area contributed by atoms with Crippen molar-refractivity contribution in [1.29, 1.82) is 0 Å². The first-order chi connectivity index (χ1) is 0. The molecule has 0 spiro atoms. The fraction of sp³-hybridized carbons (Fsp3) is 0. The van der Waals surface area contributed by atoms with Gasteiger partial charge in [0, 0.05) is 127 Å². The monoisotopic (exact) mass is 608 g/mol. The predicted molar refractivity (Wildman–Crippen MR) is 11.5 cm³/mol. The Labute approximate surface area is 124 Å². The molecule has 0 rings (SSSR count). The number of hydrogen-bond acceptors (Lipinski definition) is 0. The predicted octanol–water partition coefficient (Wildman–Crippen LogP) is -0.762. The van der Waals surface area contributed by atoms with E-state index in [0.717, 1.165) is 0 Å². The van der Waals surface area contributed by atoms with Crippen LogP contribution in [0, 0.1) is 77.3 Å². The standard InChI is InChI=1S/Bi.Ce.La.Sn. The zero-order valence-corrected chi connectivity index (χ0v) is 15.1. The molecule has 0 aromatic rings. The average Bonchev–Trinajstić information content (AvgIpc) is 0. The van der Waals surface area contributed by atoms with Crippen LogP contribution in [-0.4, -0.2) is 50.1 Å². The second kappa shape index (κ2) is 15.7. The maximum Gasteiger partial charge on any atom is 0 e. The molecule has 0 unspecified atom stereocenters. The summed E-state index contributed by atoms with van der Waals surface area (Å²) in [7, 11) is 0. The van der Waals surface area contributed by atoms with E-state index < -0.39 is 0 Å². The first-order valence-electron chi connectivity index (χ1n) is 0. The van der Waals surface area contributed by atoms with Crippen LogP contribution < -0.4 is 0 Å². The van der Waals surface area contributed by atoms with Crippen molar-refractivity contribution in [2.75, 3.05) is 0 Å². The summed E-state index contributed by atoms with van der Waals surface area (Å²) in [6.45, 7) is 0. The fourth-order valence-electron chi connectivity index (χ4n) is 0. The van der Waals surface area contributed by atoms with Crippen LogP contribution in [0.25, 0.3) is 0 Å². The van der Waals surface area contributed by atoms with E-state index in [1.165, 1.54) is 0 Å². The molecule has 8 radical (unpaired) electrons. The Balaban J connectivity index is 0. The van der Waals surface area contributed by atoms with Crippen molar-refractivity contribution in [1.82, 2.24) is 0 Å². The van der Waals surface area contributed by atoms with Crippen LogP contribution in [0.2, 0.25) is 0 Å². The van der Waals surface area contributed by atoms with E-state index in [1.54, 1.807) is 0 Å². The zero-order chi connectivity index (χ0) is 0. The maximum atomic E-state index is 0. The second-order valence-electron chi connectivity index (χ2n) is 0. The van der Waals surface area contributed by atoms with Crippen LogP contribution in [0.15, 0.2) is 0 Å². The van der Waals surface area contributed by atoms with Crippen LogP contribution >= 0.6 is 0 Å². The summed E-state index contributed by atoms with van der Waals surface area (Å²) in [6.07, 6.45) is 0. The van der Waals surface area contributed by atoms with Gasteiger partial charge in [0.15, 0.2) is 0 Å².